The van der Waals surface area contributed by atoms with Crippen LogP contribution in [0.1, 0.15) is 16.1 Å². The van der Waals surface area contributed by atoms with Gasteiger partial charge in [-0.15, -0.1) is 0 Å². The first-order valence-corrected chi connectivity index (χ1v) is 6.64. The lowest BCUT2D eigenvalue weighted by Gasteiger charge is -2.08. The molecule has 2 heterocycles. The minimum Gasteiger partial charge on any atom is -0.493 e. The molecular formula is C16H14N2O4. The van der Waals surface area contributed by atoms with Gasteiger partial charge in [0.2, 0.25) is 0 Å². The number of nitrogens with zero attached hydrogens (tertiary/aromatic N) is 2. The molecule has 1 N–H and O–H groups in total. The van der Waals surface area contributed by atoms with Crippen LogP contribution in [0.15, 0.2) is 48.8 Å². The smallest absolute Gasteiger partial charge is 0.337 e. The molecule has 0 fully saturated rings. The number of methoxy groups -OCH3 is 1. The van der Waals surface area contributed by atoms with E-state index in [2.05, 4.69) is 4.98 Å². The number of fused-ring (bicyclic) bond motifs is 1. The summed E-state index contributed by atoms with van der Waals surface area (Å²) in [5.74, 6) is 0.315. The van der Waals surface area contributed by atoms with Gasteiger partial charge in [0.15, 0.2) is 11.5 Å². The maximum Gasteiger partial charge on any atom is 0.337 e. The lowest BCUT2D eigenvalue weighted by Crippen LogP contribution is -1.98. The van der Waals surface area contributed by atoms with Gasteiger partial charge in [-0.3, -0.25) is 0 Å². The van der Waals surface area contributed by atoms with Gasteiger partial charge in [0.1, 0.15) is 12.3 Å². The highest BCUT2D eigenvalue weighted by Crippen LogP contribution is 2.26. The van der Waals surface area contributed by atoms with Crippen LogP contribution in [-0.4, -0.2) is 27.6 Å². The molecule has 3 rings (SSSR count). The number of hydrogen-bond donors (Lipinski definition) is 1. The second kappa shape index (κ2) is 5.77. The fraction of sp³-hybridized carbons (Fsp3) is 0.125. The number of pyridine rings is 1. The molecule has 2 aromatic heterocycles. The zero-order chi connectivity index (χ0) is 15.5. The van der Waals surface area contributed by atoms with Crippen LogP contribution in [0, 0.1) is 0 Å². The number of aromatic carboxylic acids is 1. The van der Waals surface area contributed by atoms with Crippen LogP contribution >= 0.6 is 0 Å². The Balaban J connectivity index is 1.81. The van der Waals surface area contributed by atoms with Crippen LogP contribution in [0.25, 0.3) is 5.65 Å². The van der Waals surface area contributed by atoms with Crippen molar-refractivity contribution in [2.45, 2.75) is 6.61 Å². The SMILES string of the molecule is COc1ccccc1OCc1cn2cc(C(=O)O)ccc2n1. The van der Waals surface area contributed by atoms with E-state index < -0.39 is 5.97 Å². The van der Waals surface area contributed by atoms with Crippen molar-refractivity contribution in [3.63, 3.8) is 0 Å². The van der Waals surface area contributed by atoms with Crippen molar-refractivity contribution in [1.29, 1.82) is 0 Å². The summed E-state index contributed by atoms with van der Waals surface area (Å²) < 4.78 is 12.6. The highest BCUT2D eigenvalue weighted by atomic mass is 16.5. The largest absolute Gasteiger partial charge is 0.493 e. The summed E-state index contributed by atoms with van der Waals surface area (Å²) in [5.41, 5.74) is 1.58. The predicted molar refractivity (Wildman–Crippen MR) is 79.5 cm³/mol. The third-order valence-corrected chi connectivity index (χ3v) is 3.19. The molecule has 1 aromatic carbocycles. The highest BCUT2D eigenvalue weighted by Gasteiger charge is 2.08. The number of imidazole rings is 1. The Hall–Kier alpha value is -3.02. The number of aromatic nitrogens is 2. The first kappa shape index (κ1) is 13.9. The minimum atomic E-state index is -0.970. The number of hydrogen-bond acceptors (Lipinski definition) is 4. The van der Waals surface area contributed by atoms with E-state index in [9.17, 15) is 4.79 Å². The summed E-state index contributed by atoms with van der Waals surface area (Å²) in [6, 6.07) is 10.5. The lowest BCUT2D eigenvalue weighted by atomic mass is 10.3. The monoisotopic (exact) mass is 298 g/mol. The molecule has 0 spiro atoms. The van der Waals surface area contributed by atoms with Crippen LogP contribution < -0.4 is 9.47 Å². The molecule has 0 bridgehead atoms. The first-order chi connectivity index (χ1) is 10.7. The number of benzene rings is 1. The molecule has 0 atom stereocenters. The summed E-state index contributed by atoms with van der Waals surface area (Å²) >= 11 is 0. The van der Waals surface area contributed by atoms with Crippen molar-refractivity contribution in [3.8, 4) is 11.5 Å². The second-order valence-corrected chi connectivity index (χ2v) is 4.66. The molecule has 6 heteroatoms. The lowest BCUT2D eigenvalue weighted by molar-refractivity contribution is 0.0696. The van der Waals surface area contributed by atoms with Gasteiger partial charge in [0.05, 0.1) is 18.4 Å². The highest BCUT2D eigenvalue weighted by molar-refractivity contribution is 5.87. The van der Waals surface area contributed by atoms with E-state index in [-0.39, 0.29) is 12.2 Å². The Morgan fingerprint density at radius 2 is 1.95 bits per heavy atom. The minimum absolute atomic E-state index is 0.210. The van der Waals surface area contributed by atoms with Crippen molar-refractivity contribution in [2.24, 2.45) is 0 Å². The molecular weight excluding hydrogens is 284 g/mol. The van der Waals surface area contributed by atoms with E-state index in [4.69, 9.17) is 14.6 Å². The molecule has 0 saturated carbocycles. The van der Waals surface area contributed by atoms with E-state index in [1.54, 1.807) is 23.8 Å². The van der Waals surface area contributed by atoms with Gasteiger partial charge >= 0.3 is 5.97 Å². The Bertz CT molecular complexity index is 826. The number of ether oxygens (including phenoxy) is 2. The number of carbonyl (C=O) groups is 1. The molecule has 22 heavy (non-hydrogen) atoms. The van der Waals surface area contributed by atoms with Gasteiger partial charge in [-0.1, -0.05) is 12.1 Å². The molecule has 112 valence electrons. The molecule has 0 aliphatic heterocycles. The molecule has 0 aliphatic rings. The van der Waals surface area contributed by atoms with Crippen LogP contribution in [0.5, 0.6) is 11.5 Å². The summed E-state index contributed by atoms with van der Waals surface area (Å²) in [4.78, 5) is 15.3. The number of rotatable bonds is 5. The number of carboxylic acid groups (broad SMARTS) is 1. The van der Waals surface area contributed by atoms with Crippen LogP contribution in [0.2, 0.25) is 0 Å². The van der Waals surface area contributed by atoms with Gasteiger partial charge in [-0.25, -0.2) is 9.78 Å². The van der Waals surface area contributed by atoms with E-state index in [1.807, 2.05) is 24.3 Å². The standard InChI is InChI=1S/C16H14N2O4/c1-21-13-4-2-3-5-14(13)22-10-12-9-18-8-11(16(19)20)6-7-15(18)17-12/h2-9H,10H2,1H3,(H,19,20). The second-order valence-electron chi connectivity index (χ2n) is 4.66. The van der Waals surface area contributed by atoms with Gasteiger partial charge in [0.25, 0.3) is 0 Å². The Kier molecular flexibility index (Phi) is 3.65. The maximum absolute atomic E-state index is 11.0. The number of carboxylic acids is 1. The first-order valence-electron chi connectivity index (χ1n) is 6.64. The molecule has 0 aliphatic carbocycles. The quantitative estimate of drug-likeness (QED) is 0.784. The Labute approximate surface area is 126 Å². The van der Waals surface area contributed by atoms with Crippen molar-refractivity contribution in [2.75, 3.05) is 7.11 Å². The summed E-state index contributed by atoms with van der Waals surface area (Å²) in [6.07, 6.45) is 3.27. The predicted octanol–water partition coefficient (Wildman–Crippen LogP) is 2.62. The van der Waals surface area contributed by atoms with Gasteiger partial charge in [-0.2, -0.15) is 0 Å². The number of para-hydroxylation sites is 2. The molecule has 6 nitrogen and oxygen atoms in total. The van der Waals surface area contributed by atoms with Crippen LogP contribution in [0.3, 0.4) is 0 Å². The topological polar surface area (TPSA) is 73.1 Å². The third kappa shape index (κ3) is 2.71. The van der Waals surface area contributed by atoms with Crippen LogP contribution in [0.4, 0.5) is 0 Å². The molecule has 0 amide bonds. The van der Waals surface area contributed by atoms with Crippen molar-refractivity contribution < 1.29 is 19.4 Å². The van der Waals surface area contributed by atoms with Gasteiger partial charge in [-0.05, 0) is 24.3 Å². The van der Waals surface area contributed by atoms with Gasteiger partial charge in [0, 0.05) is 12.4 Å². The third-order valence-electron chi connectivity index (χ3n) is 3.19. The molecule has 3 aromatic rings. The Morgan fingerprint density at radius 3 is 2.68 bits per heavy atom. The average molecular weight is 298 g/mol. The summed E-state index contributed by atoms with van der Waals surface area (Å²) in [5, 5.41) is 8.99. The fourth-order valence-electron chi connectivity index (χ4n) is 2.13. The van der Waals surface area contributed by atoms with Crippen molar-refractivity contribution >= 4 is 11.6 Å². The maximum atomic E-state index is 11.0. The van der Waals surface area contributed by atoms with E-state index in [0.29, 0.717) is 22.8 Å². The zero-order valence-corrected chi connectivity index (χ0v) is 11.9. The molecule has 0 saturated heterocycles. The molecule has 0 unspecified atom stereocenters. The van der Waals surface area contributed by atoms with E-state index >= 15 is 0 Å². The zero-order valence-electron chi connectivity index (χ0n) is 11.9. The average Bonchev–Trinajstić information content (AvgIpc) is 2.95. The van der Waals surface area contributed by atoms with E-state index in [1.165, 1.54) is 12.3 Å². The summed E-state index contributed by atoms with van der Waals surface area (Å²) in [7, 11) is 1.58. The van der Waals surface area contributed by atoms with Crippen molar-refractivity contribution in [1.82, 2.24) is 9.38 Å². The molecule has 0 radical (unpaired) electrons. The Morgan fingerprint density at radius 1 is 1.18 bits per heavy atom. The van der Waals surface area contributed by atoms with Crippen LogP contribution in [-0.2, 0) is 6.61 Å². The van der Waals surface area contributed by atoms with Gasteiger partial charge < -0.3 is 19.0 Å². The van der Waals surface area contributed by atoms with Crippen molar-refractivity contribution in [3.05, 3.63) is 60.0 Å². The summed E-state index contributed by atoms with van der Waals surface area (Å²) in [6.45, 7) is 0.268. The van der Waals surface area contributed by atoms with E-state index in [0.717, 1.165) is 0 Å². The fourth-order valence-corrected chi connectivity index (χ4v) is 2.13. The normalized spacial score (nSPS) is 10.6.